The Morgan fingerprint density at radius 2 is 1.84 bits per heavy atom. The zero-order valence-corrected chi connectivity index (χ0v) is 15.5. The zero-order chi connectivity index (χ0) is 18.4. The van der Waals surface area contributed by atoms with Gasteiger partial charge in [-0.3, -0.25) is 4.79 Å². The molecular weight excluding hydrogens is 320 g/mol. The van der Waals surface area contributed by atoms with Gasteiger partial charge in [0.1, 0.15) is 11.5 Å². The fourth-order valence-electron chi connectivity index (χ4n) is 2.56. The fourth-order valence-corrected chi connectivity index (χ4v) is 2.56. The first-order chi connectivity index (χ1) is 12.0. The second-order valence-corrected chi connectivity index (χ2v) is 6.08. The molecule has 1 amide bonds. The van der Waals surface area contributed by atoms with Crippen molar-refractivity contribution in [3.8, 4) is 11.5 Å². The summed E-state index contributed by atoms with van der Waals surface area (Å²) in [5, 5.41) is 0. The minimum Gasteiger partial charge on any atom is -0.493 e. The molecule has 0 aliphatic heterocycles. The third-order valence-corrected chi connectivity index (χ3v) is 3.88. The van der Waals surface area contributed by atoms with Crippen molar-refractivity contribution in [1.29, 1.82) is 0 Å². The van der Waals surface area contributed by atoms with Crippen LogP contribution in [0.1, 0.15) is 21.9 Å². The molecule has 2 aromatic rings. The lowest BCUT2D eigenvalue weighted by molar-refractivity contribution is 0.0715. The Labute approximate surface area is 148 Å². The summed E-state index contributed by atoms with van der Waals surface area (Å²) in [6.45, 7) is 3.62. The van der Waals surface area contributed by atoms with Crippen molar-refractivity contribution >= 4 is 5.91 Å². The second kappa shape index (κ2) is 8.58. The molecule has 25 heavy (non-hydrogen) atoms. The summed E-state index contributed by atoms with van der Waals surface area (Å²) in [7, 11) is 7.05. The van der Waals surface area contributed by atoms with Crippen molar-refractivity contribution in [2.75, 3.05) is 41.4 Å². The number of para-hydroxylation sites is 1. The van der Waals surface area contributed by atoms with Gasteiger partial charge in [0.25, 0.3) is 5.91 Å². The predicted octanol–water partition coefficient (Wildman–Crippen LogP) is 2.81. The van der Waals surface area contributed by atoms with Gasteiger partial charge in [0.15, 0.2) is 11.5 Å². The van der Waals surface area contributed by atoms with E-state index >= 15 is 0 Å². The van der Waals surface area contributed by atoms with Crippen LogP contribution in [0, 0.1) is 6.92 Å². The number of carbonyl (C=O) groups is 1. The number of benzene rings is 1. The molecule has 0 saturated carbocycles. The molecule has 0 fully saturated rings. The highest BCUT2D eigenvalue weighted by molar-refractivity contribution is 5.97. The SMILES string of the molecule is COc1cccc(C(=O)N(CCN(C)C)Cc2ccc(C)o2)c1OC. The molecule has 0 atom stereocenters. The lowest BCUT2D eigenvalue weighted by Crippen LogP contribution is -2.36. The van der Waals surface area contributed by atoms with Crippen LogP contribution in [0.2, 0.25) is 0 Å². The molecule has 6 nitrogen and oxygen atoms in total. The molecule has 0 unspecified atom stereocenters. The van der Waals surface area contributed by atoms with Crippen molar-refractivity contribution in [1.82, 2.24) is 9.80 Å². The Bertz CT molecular complexity index is 709. The van der Waals surface area contributed by atoms with Crippen LogP contribution in [-0.2, 0) is 6.54 Å². The summed E-state index contributed by atoms with van der Waals surface area (Å²) < 4.78 is 16.4. The van der Waals surface area contributed by atoms with E-state index < -0.39 is 0 Å². The molecule has 0 saturated heterocycles. The van der Waals surface area contributed by atoms with Crippen LogP contribution in [0.5, 0.6) is 11.5 Å². The minimum absolute atomic E-state index is 0.119. The van der Waals surface area contributed by atoms with Crippen molar-refractivity contribution in [3.63, 3.8) is 0 Å². The highest BCUT2D eigenvalue weighted by Crippen LogP contribution is 2.31. The Balaban J connectivity index is 2.30. The summed E-state index contributed by atoms with van der Waals surface area (Å²) in [6.07, 6.45) is 0. The van der Waals surface area contributed by atoms with Crippen LogP contribution in [0.3, 0.4) is 0 Å². The topological polar surface area (TPSA) is 55.2 Å². The van der Waals surface area contributed by atoms with Crippen LogP contribution >= 0.6 is 0 Å². The Kier molecular flexibility index (Phi) is 6.47. The minimum atomic E-state index is -0.119. The number of hydrogen-bond acceptors (Lipinski definition) is 5. The van der Waals surface area contributed by atoms with Crippen LogP contribution in [0.15, 0.2) is 34.7 Å². The molecule has 0 radical (unpaired) electrons. The van der Waals surface area contributed by atoms with Crippen molar-refractivity contribution in [2.45, 2.75) is 13.5 Å². The van der Waals surface area contributed by atoms with Crippen LogP contribution in [0.4, 0.5) is 0 Å². The first kappa shape index (κ1) is 18.9. The lowest BCUT2D eigenvalue weighted by atomic mass is 10.1. The van der Waals surface area contributed by atoms with E-state index in [1.54, 1.807) is 30.2 Å². The van der Waals surface area contributed by atoms with E-state index in [4.69, 9.17) is 13.9 Å². The largest absolute Gasteiger partial charge is 0.493 e. The van der Waals surface area contributed by atoms with Crippen LogP contribution < -0.4 is 9.47 Å². The van der Waals surface area contributed by atoms with E-state index in [0.717, 1.165) is 18.1 Å². The monoisotopic (exact) mass is 346 g/mol. The summed E-state index contributed by atoms with van der Waals surface area (Å²) >= 11 is 0. The lowest BCUT2D eigenvalue weighted by Gasteiger charge is -2.24. The second-order valence-electron chi connectivity index (χ2n) is 6.08. The molecular formula is C19H26N2O4. The van der Waals surface area contributed by atoms with Gasteiger partial charge in [0.2, 0.25) is 0 Å². The number of ether oxygens (including phenoxy) is 2. The molecule has 0 aliphatic rings. The number of furan rings is 1. The normalized spacial score (nSPS) is 10.8. The van der Waals surface area contributed by atoms with Crippen molar-refractivity contribution < 1.29 is 18.7 Å². The van der Waals surface area contributed by atoms with Gasteiger partial charge < -0.3 is 23.7 Å². The van der Waals surface area contributed by atoms with Gasteiger partial charge in [-0.25, -0.2) is 0 Å². The maximum Gasteiger partial charge on any atom is 0.258 e. The van der Waals surface area contributed by atoms with Crippen LogP contribution in [-0.4, -0.2) is 57.1 Å². The van der Waals surface area contributed by atoms with E-state index in [2.05, 4.69) is 0 Å². The van der Waals surface area contributed by atoms with Crippen molar-refractivity contribution in [3.05, 3.63) is 47.4 Å². The molecule has 1 aromatic carbocycles. The summed E-state index contributed by atoms with van der Waals surface area (Å²) in [5.74, 6) is 2.45. The number of nitrogens with zero attached hydrogens (tertiary/aromatic N) is 2. The van der Waals surface area contributed by atoms with Crippen LogP contribution in [0.25, 0.3) is 0 Å². The van der Waals surface area contributed by atoms with E-state index in [9.17, 15) is 4.79 Å². The molecule has 0 N–H and O–H groups in total. The molecule has 0 aliphatic carbocycles. The first-order valence-electron chi connectivity index (χ1n) is 8.16. The summed E-state index contributed by atoms with van der Waals surface area (Å²) in [4.78, 5) is 16.9. The molecule has 1 aromatic heterocycles. The number of carbonyl (C=O) groups excluding carboxylic acids is 1. The van der Waals surface area contributed by atoms with Gasteiger partial charge in [0, 0.05) is 13.1 Å². The maximum absolute atomic E-state index is 13.1. The highest BCUT2D eigenvalue weighted by Gasteiger charge is 2.23. The standard InChI is InChI=1S/C19H26N2O4/c1-14-9-10-15(25-14)13-21(12-11-20(2)3)19(22)16-7-6-8-17(23-4)18(16)24-5/h6-10H,11-13H2,1-5H3. The molecule has 2 rings (SSSR count). The fraction of sp³-hybridized carbons (Fsp3) is 0.421. The number of hydrogen-bond donors (Lipinski definition) is 0. The molecule has 136 valence electrons. The average Bonchev–Trinajstić information content (AvgIpc) is 3.01. The first-order valence-corrected chi connectivity index (χ1v) is 8.16. The third kappa shape index (κ3) is 4.76. The average molecular weight is 346 g/mol. The highest BCUT2D eigenvalue weighted by atomic mass is 16.5. The number of amides is 1. The molecule has 0 spiro atoms. The third-order valence-electron chi connectivity index (χ3n) is 3.88. The maximum atomic E-state index is 13.1. The smallest absolute Gasteiger partial charge is 0.258 e. The Morgan fingerprint density at radius 3 is 2.40 bits per heavy atom. The number of aryl methyl sites for hydroxylation is 1. The Hall–Kier alpha value is -2.47. The molecule has 1 heterocycles. The Morgan fingerprint density at radius 1 is 1.08 bits per heavy atom. The van der Waals surface area contributed by atoms with E-state index in [-0.39, 0.29) is 5.91 Å². The van der Waals surface area contributed by atoms with Gasteiger partial charge in [0.05, 0.1) is 26.3 Å². The van der Waals surface area contributed by atoms with E-state index in [1.807, 2.05) is 38.1 Å². The number of rotatable bonds is 8. The van der Waals surface area contributed by atoms with Gasteiger partial charge in [-0.15, -0.1) is 0 Å². The van der Waals surface area contributed by atoms with Crippen molar-refractivity contribution in [2.24, 2.45) is 0 Å². The molecule has 6 heteroatoms. The molecule has 0 bridgehead atoms. The summed E-state index contributed by atoms with van der Waals surface area (Å²) in [5.41, 5.74) is 0.476. The van der Waals surface area contributed by atoms with Gasteiger partial charge in [-0.05, 0) is 45.3 Å². The number of likely N-dealkylation sites (N-methyl/N-ethyl adjacent to an activating group) is 1. The van der Waals surface area contributed by atoms with E-state index in [1.165, 1.54) is 7.11 Å². The van der Waals surface area contributed by atoms with Gasteiger partial charge >= 0.3 is 0 Å². The zero-order valence-electron chi connectivity index (χ0n) is 15.5. The quantitative estimate of drug-likeness (QED) is 0.736. The van der Waals surface area contributed by atoms with Gasteiger partial charge in [-0.2, -0.15) is 0 Å². The summed E-state index contributed by atoms with van der Waals surface area (Å²) in [6, 6.07) is 9.11. The van der Waals surface area contributed by atoms with E-state index in [0.29, 0.717) is 30.2 Å². The predicted molar refractivity (Wildman–Crippen MR) is 96.3 cm³/mol. The van der Waals surface area contributed by atoms with Gasteiger partial charge in [-0.1, -0.05) is 6.07 Å². The number of methoxy groups -OCH3 is 2.